The Kier molecular flexibility index (Phi) is 3.28. The summed E-state index contributed by atoms with van der Waals surface area (Å²) in [6.07, 6.45) is 3.98. The zero-order valence-electron chi connectivity index (χ0n) is 9.59. The number of hydrogen-bond donors (Lipinski definition) is 1. The molecule has 1 atom stereocenters. The standard InChI is InChI=1S/C14H14O3/c1-17-14(16)12-8-7-11(9-13(12)15)10-5-3-2-4-6-10/h2-8,11,15H,9H2,1H3. The molecule has 1 aromatic carbocycles. The summed E-state index contributed by atoms with van der Waals surface area (Å²) >= 11 is 0. The smallest absolute Gasteiger partial charge is 0.341 e. The van der Waals surface area contributed by atoms with Crippen LogP contribution < -0.4 is 0 Å². The van der Waals surface area contributed by atoms with Crippen molar-refractivity contribution in [3.8, 4) is 0 Å². The highest BCUT2D eigenvalue weighted by Gasteiger charge is 2.21. The molecule has 88 valence electrons. The summed E-state index contributed by atoms with van der Waals surface area (Å²) in [7, 11) is 1.31. The van der Waals surface area contributed by atoms with Crippen molar-refractivity contribution in [2.75, 3.05) is 7.11 Å². The van der Waals surface area contributed by atoms with Crippen LogP contribution in [0.2, 0.25) is 0 Å². The quantitative estimate of drug-likeness (QED) is 0.794. The van der Waals surface area contributed by atoms with Gasteiger partial charge in [-0.05, 0) is 11.6 Å². The van der Waals surface area contributed by atoms with Crippen molar-refractivity contribution in [1.29, 1.82) is 0 Å². The molecule has 0 heterocycles. The predicted molar refractivity (Wildman–Crippen MR) is 64.6 cm³/mol. The van der Waals surface area contributed by atoms with E-state index in [0.29, 0.717) is 6.42 Å². The first-order chi connectivity index (χ1) is 8.22. The van der Waals surface area contributed by atoms with Gasteiger partial charge in [0.1, 0.15) is 5.76 Å². The second-order valence-corrected chi connectivity index (χ2v) is 3.93. The van der Waals surface area contributed by atoms with Gasteiger partial charge in [0.15, 0.2) is 0 Å². The Morgan fingerprint density at radius 2 is 2.06 bits per heavy atom. The van der Waals surface area contributed by atoms with Crippen molar-refractivity contribution in [1.82, 2.24) is 0 Å². The molecule has 2 rings (SSSR count). The molecule has 1 aliphatic rings. The monoisotopic (exact) mass is 230 g/mol. The molecule has 0 bridgehead atoms. The van der Waals surface area contributed by atoms with E-state index in [-0.39, 0.29) is 17.3 Å². The third-order valence-corrected chi connectivity index (χ3v) is 2.85. The van der Waals surface area contributed by atoms with Crippen molar-refractivity contribution in [2.24, 2.45) is 0 Å². The zero-order valence-corrected chi connectivity index (χ0v) is 9.59. The number of aliphatic hydroxyl groups excluding tert-OH is 1. The van der Waals surface area contributed by atoms with Crippen LogP contribution in [0, 0.1) is 0 Å². The molecule has 0 amide bonds. The lowest BCUT2D eigenvalue weighted by atomic mass is 9.89. The van der Waals surface area contributed by atoms with Gasteiger partial charge in [-0.25, -0.2) is 4.79 Å². The van der Waals surface area contributed by atoms with E-state index >= 15 is 0 Å². The Morgan fingerprint density at radius 1 is 1.35 bits per heavy atom. The number of aliphatic hydroxyl groups is 1. The molecule has 1 aliphatic carbocycles. The minimum atomic E-state index is -0.495. The second-order valence-electron chi connectivity index (χ2n) is 3.93. The van der Waals surface area contributed by atoms with Crippen LogP contribution in [0.25, 0.3) is 0 Å². The van der Waals surface area contributed by atoms with Gasteiger partial charge in [0.05, 0.1) is 12.7 Å². The summed E-state index contributed by atoms with van der Waals surface area (Å²) in [4.78, 5) is 11.3. The van der Waals surface area contributed by atoms with Crippen LogP contribution in [0.15, 0.2) is 53.8 Å². The third-order valence-electron chi connectivity index (χ3n) is 2.85. The fraction of sp³-hybridized carbons (Fsp3) is 0.214. The van der Waals surface area contributed by atoms with Crippen molar-refractivity contribution in [3.05, 3.63) is 59.4 Å². The van der Waals surface area contributed by atoms with E-state index in [0.717, 1.165) is 5.56 Å². The lowest BCUT2D eigenvalue weighted by molar-refractivity contribution is -0.135. The van der Waals surface area contributed by atoms with Gasteiger partial charge in [0.2, 0.25) is 0 Å². The fourth-order valence-corrected chi connectivity index (χ4v) is 1.92. The number of rotatable bonds is 2. The summed E-state index contributed by atoms with van der Waals surface area (Å²) in [6, 6.07) is 9.88. The van der Waals surface area contributed by atoms with Crippen LogP contribution in [0.5, 0.6) is 0 Å². The van der Waals surface area contributed by atoms with Crippen LogP contribution >= 0.6 is 0 Å². The molecule has 0 aromatic heterocycles. The van der Waals surface area contributed by atoms with E-state index in [1.165, 1.54) is 7.11 Å². The Labute approximate surface area is 100 Å². The maximum absolute atomic E-state index is 11.3. The minimum Gasteiger partial charge on any atom is -0.511 e. The maximum Gasteiger partial charge on any atom is 0.341 e. The normalized spacial score (nSPS) is 19.2. The van der Waals surface area contributed by atoms with Crippen molar-refractivity contribution >= 4 is 5.97 Å². The Morgan fingerprint density at radius 3 is 2.65 bits per heavy atom. The van der Waals surface area contributed by atoms with Crippen molar-refractivity contribution in [2.45, 2.75) is 12.3 Å². The number of carbonyl (C=O) groups is 1. The number of ether oxygens (including phenoxy) is 1. The van der Waals surface area contributed by atoms with Crippen LogP contribution in [0.4, 0.5) is 0 Å². The van der Waals surface area contributed by atoms with Crippen molar-refractivity contribution in [3.63, 3.8) is 0 Å². The van der Waals surface area contributed by atoms with Gasteiger partial charge >= 0.3 is 5.97 Å². The van der Waals surface area contributed by atoms with E-state index in [1.807, 2.05) is 36.4 Å². The molecule has 1 unspecified atom stereocenters. The largest absolute Gasteiger partial charge is 0.511 e. The molecule has 0 saturated heterocycles. The fourth-order valence-electron chi connectivity index (χ4n) is 1.92. The second kappa shape index (κ2) is 4.87. The Bertz CT molecular complexity index is 472. The summed E-state index contributed by atoms with van der Waals surface area (Å²) in [5.41, 5.74) is 1.37. The van der Waals surface area contributed by atoms with Crippen molar-refractivity contribution < 1.29 is 14.6 Å². The molecule has 1 N–H and O–H groups in total. The lowest BCUT2D eigenvalue weighted by Gasteiger charge is -2.18. The Balaban J connectivity index is 2.19. The van der Waals surface area contributed by atoms with E-state index in [2.05, 4.69) is 4.74 Å². The lowest BCUT2D eigenvalue weighted by Crippen LogP contribution is -2.11. The molecule has 0 spiro atoms. The molecule has 0 saturated carbocycles. The van der Waals surface area contributed by atoms with Gasteiger partial charge in [-0.2, -0.15) is 0 Å². The number of carbonyl (C=O) groups excluding carboxylic acids is 1. The molecule has 0 fully saturated rings. The van der Waals surface area contributed by atoms with Gasteiger partial charge in [-0.1, -0.05) is 36.4 Å². The molecule has 1 aromatic rings. The van der Waals surface area contributed by atoms with E-state index in [9.17, 15) is 9.90 Å². The average Bonchev–Trinajstić information content (AvgIpc) is 2.39. The van der Waals surface area contributed by atoms with Gasteiger partial charge in [-0.15, -0.1) is 0 Å². The first-order valence-electron chi connectivity index (χ1n) is 5.46. The topological polar surface area (TPSA) is 46.5 Å². The SMILES string of the molecule is COC(=O)C1=C(O)CC(c2ccccc2)C=C1. The Hall–Kier alpha value is -2.03. The molecular formula is C14H14O3. The molecular weight excluding hydrogens is 216 g/mol. The van der Waals surface area contributed by atoms with Crippen LogP contribution in [-0.4, -0.2) is 18.2 Å². The van der Waals surface area contributed by atoms with Gasteiger partial charge < -0.3 is 9.84 Å². The summed E-state index contributed by atoms with van der Waals surface area (Å²) in [5, 5.41) is 9.83. The highest BCUT2D eigenvalue weighted by atomic mass is 16.5. The molecule has 3 heteroatoms. The summed E-state index contributed by atoms with van der Waals surface area (Å²) in [5.74, 6) is -0.289. The number of allylic oxidation sites excluding steroid dienone is 2. The number of methoxy groups -OCH3 is 1. The van der Waals surface area contributed by atoms with E-state index in [1.54, 1.807) is 6.08 Å². The number of benzene rings is 1. The van der Waals surface area contributed by atoms with Gasteiger partial charge in [-0.3, -0.25) is 0 Å². The minimum absolute atomic E-state index is 0.0909. The average molecular weight is 230 g/mol. The summed E-state index contributed by atoms with van der Waals surface area (Å²) in [6.45, 7) is 0. The molecule has 0 radical (unpaired) electrons. The molecule has 17 heavy (non-hydrogen) atoms. The van der Waals surface area contributed by atoms with E-state index < -0.39 is 5.97 Å². The molecule has 3 nitrogen and oxygen atoms in total. The first kappa shape index (κ1) is 11.5. The maximum atomic E-state index is 11.3. The van der Waals surface area contributed by atoms with Gasteiger partial charge in [0, 0.05) is 12.3 Å². The van der Waals surface area contributed by atoms with Crippen LogP contribution in [0.3, 0.4) is 0 Å². The summed E-state index contributed by atoms with van der Waals surface area (Å²) < 4.78 is 4.59. The predicted octanol–water partition coefficient (Wildman–Crippen LogP) is 2.72. The highest BCUT2D eigenvalue weighted by Crippen LogP contribution is 2.30. The van der Waals surface area contributed by atoms with Gasteiger partial charge in [0.25, 0.3) is 0 Å². The number of esters is 1. The highest BCUT2D eigenvalue weighted by molar-refractivity contribution is 5.92. The third kappa shape index (κ3) is 2.38. The van der Waals surface area contributed by atoms with E-state index in [4.69, 9.17) is 0 Å². The number of hydrogen-bond acceptors (Lipinski definition) is 3. The molecule has 0 aliphatic heterocycles. The zero-order chi connectivity index (χ0) is 12.3. The van der Waals surface area contributed by atoms with Crippen LogP contribution in [0.1, 0.15) is 17.9 Å². The van der Waals surface area contributed by atoms with Crippen LogP contribution in [-0.2, 0) is 9.53 Å². The first-order valence-corrected chi connectivity index (χ1v) is 5.46.